The van der Waals surface area contributed by atoms with E-state index in [-0.39, 0.29) is 11.9 Å². The molecule has 1 saturated heterocycles. The lowest BCUT2D eigenvalue weighted by Gasteiger charge is -2.20. The third-order valence-electron chi connectivity index (χ3n) is 5.83. The Bertz CT molecular complexity index is 995. The summed E-state index contributed by atoms with van der Waals surface area (Å²) in [5.74, 6) is 0.343. The molecule has 0 spiro atoms. The molecule has 1 fully saturated rings. The molecule has 0 radical (unpaired) electrons. The van der Waals surface area contributed by atoms with E-state index in [1.807, 2.05) is 48.5 Å². The zero-order valence-electron chi connectivity index (χ0n) is 17.7. The fourth-order valence-electron chi connectivity index (χ4n) is 4.04. The van der Waals surface area contributed by atoms with Crippen molar-refractivity contribution in [1.82, 2.24) is 10.3 Å². The molecular weight excluding hydrogens is 388 g/mol. The lowest BCUT2D eigenvalue weighted by Crippen LogP contribution is -2.36. The number of nitrogens with one attached hydrogen (secondary N) is 2. The van der Waals surface area contributed by atoms with Crippen LogP contribution in [0.3, 0.4) is 0 Å². The van der Waals surface area contributed by atoms with Crippen molar-refractivity contribution in [1.29, 1.82) is 0 Å². The quantitative estimate of drug-likeness (QED) is 0.497. The van der Waals surface area contributed by atoms with Crippen molar-refractivity contribution in [2.24, 2.45) is 11.7 Å². The number of aryl methyl sites for hydroxylation is 1. The van der Waals surface area contributed by atoms with Crippen molar-refractivity contribution in [3.05, 3.63) is 72.4 Å². The van der Waals surface area contributed by atoms with Crippen LogP contribution in [-0.4, -0.2) is 42.7 Å². The number of aromatic nitrogens is 1. The largest absolute Gasteiger partial charge is 0.367 e. The van der Waals surface area contributed by atoms with Gasteiger partial charge >= 0.3 is 0 Å². The highest BCUT2D eigenvalue weighted by atomic mass is 16.5. The first kappa shape index (κ1) is 21.4. The number of carbonyl (C=O) groups is 1. The van der Waals surface area contributed by atoms with Gasteiger partial charge in [-0.1, -0.05) is 48.5 Å². The lowest BCUT2D eigenvalue weighted by atomic mass is 10.1. The van der Waals surface area contributed by atoms with Gasteiger partial charge in [0.05, 0.1) is 24.0 Å². The average Bonchev–Trinajstić information content (AvgIpc) is 3.28. The number of nitrogens with zero attached hydrogens (tertiary/aromatic N) is 1. The topological polar surface area (TPSA) is 89.3 Å². The Hall–Kier alpha value is -2.80. The molecule has 1 amide bonds. The third-order valence-corrected chi connectivity index (χ3v) is 5.83. The molecule has 1 aromatic heterocycles. The number of amides is 1. The molecule has 31 heavy (non-hydrogen) atoms. The lowest BCUT2D eigenvalue weighted by molar-refractivity contribution is -0.128. The molecule has 2 heterocycles. The van der Waals surface area contributed by atoms with E-state index in [4.69, 9.17) is 10.5 Å². The van der Waals surface area contributed by atoms with Gasteiger partial charge in [-0.25, -0.2) is 0 Å². The van der Waals surface area contributed by atoms with E-state index in [0.717, 1.165) is 30.3 Å². The first-order valence-corrected chi connectivity index (χ1v) is 11.0. The van der Waals surface area contributed by atoms with Crippen LogP contribution in [-0.2, 0) is 16.0 Å². The third kappa shape index (κ3) is 5.88. The van der Waals surface area contributed by atoms with E-state index in [1.54, 1.807) is 6.20 Å². The highest BCUT2D eigenvalue weighted by Crippen LogP contribution is 2.18. The number of benzene rings is 2. The van der Waals surface area contributed by atoms with Crippen molar-refractivity contribution < 1.29 is 9.53 Å². The first-order valence-electron chi connectivity index (χ1n) is 11.0. The van der Waals surface area contributed by atoms with Crippen molar-refractivity contribution in [3.8, 4) is 0 Å². The SMILES string of the molecule is NC[C@@H]1CN[C@@H](CO[C@@H](CCc2ccccc2)C(=O)Nc2cnc3ccccc3c2)C1. The van der Waals surface area contributed by atoms with Crippen LogP contribution < -0.4 is 16.4 Å². The Morgan fingerprint density at radius 3 is 2.81 bits per heavy atom. The number of rotatable bonds is 9. The van der Waals surface area contributed by atoms with Gasteiger partial charge in [0.25, 0.3) is 5.91 Å². The van der Waals surface area contributed by atoms with E-state index < -0.39 is 6.10 Å². The number of anilines is 1. The summed E-state index contributed by atoms with van der Waals surface area (Å²) in [6.07, 6.45) is 3.53. The predicted molar refractivity (Wildman–Crippen MR) is 124 cm³/mol. The second-order valence-electron chi connectivity index (χ2n) is 8.19. The number of carbonyl (C=O) groups excluding carboxylic acids is 1. The molecule has 0 bridgehead atoms. The minimum Gasteiger partial charge on any atom is -0.367 e. The first-order chi connectivity index (χ1) is 15.2. The molecule has 1 aliphatic heterocycles. The van der Waals surface area contributed by atoms with Crippen molar-refractivity contribution >= 4 is 22.5 Å². The molecule has 0 saturated carbocycles. The number of hydrogen-bond donors (Lipinski definition) is 3. The molecule has 6 nitrogen and oxygen atoms in total. The standard InChI is InChI=1S/C25H30N4O2/c26-14-19-12-22(27-15-19)17-31-24(11-10-18-6-2-1-3-7-18)25(30)29-21-13-20-8-4-5-9-23(20)28-16-21/h1-9,13,16,19,22,24,27H,10-12,14-15,17,26H2,(H,29,30)/t19-,22-,24+/m1/s1. The van der Waals surface area contributed by atoms with Crippen molar-refractivity contribution in [2.75, 3.05) is 25.0 Å². The number of pyridine rings is 1. The van der Waals surface area contributed by atoms with E-state index in [0.29, 0.717) is 31.2 Å². The molecule has 4 N–H and O–H groups in total. The van der Waals surface area contributed by atoms with E-state index >= 15 is 0 Å². The number of nitrogens with two attached hydrogens (primary N) is 1. The molecule has 3 aromatic rings. The zero-order chi connectivity index (χ0) is 21.5. The summed E-state index contributed by atoms with van der Waals surface area (Å²) in [6.45, 7) is 2.09. The number of ether oxygens (including phenoxy) is 1. The second-order valence-corrected chi connectivity index (χ2v) is 8.19. The minimum atomic E-state index is -0.537. The van der Waals surface area contributed by atoms with E-state index in [9.17, 15) is 4.79 Å². The fraction of sp³-hybridized carbons (Fsp3) is 0.360. The molecule has 0 aliphatic carbocycles. The molecular formula is C25H30N4O2. The normalized spacial score (nSPS) is 19.4. The maximum absolute atomic E-state index is 13.1. The number of para-hydroxylation sites is 1. The van der Waals surface area contributed by atoms with Crippen LogP contribution in [0.15, 0.2) is 66.9 Å². The Morgan fingerprint density at radius 1 is 1.19 bits per heavy atom. The molecule has 4 rings (SSSR count). The summed E-state index contributed by atoms with van der Waals surface area (Å²) in [5.41, 5.74) is 8.56. The Balaban J connectivity index is 1.41. The molecule has 0 unspecified atom stereocenters. The van der Waals surface area contributed by atoms with Crippen LogP contribution in [0.5, 0.6) is 0 Å². The summed E-state index contributed by atoms with van der Waals surface area (Å²) in [7, 11) is 0. The fourth-order valence-corrected chi connectivity index (χ4v) is 4.04. The highest BCUT2D eigenvalue weighted by molar-refractivity contribution is 5.95. The van der Waals surface area contributed by atoms with Crippen LogP contribution in [0.4, 0.5) is 5.69 Å². The summed E-state index contributed by atoms with van der Waals surface area (Å²) in [4.78, 5) is 17.5. The van der Waals surface area contributed by atoms with Crippen LogP contribution >= 0.6 is 0 Å². The van der Waals surface area contributed by atoms with Gasteiger partial charge in [-0.2, -0.15) is 0 Å². The van der Waals surface area contributed by atoms with Gasteiger partial charge in [-0.3, -0.25) is 9.78 Å². The zero-order valence-corrected chi connectivity index (χ0v) is 17.7. The Kier molecular flexibility index (Phi) is 7.25. The van der Waals surface area contributed by atoms with Crippen LogP contribution in [0.1, 0.15) is 18.4 Å². The van der Waals surface area contributed by atoms with Crippen molar-refractivity contribution in [3.63, 3.8) is 0 Å². The Morgan fingerprint density at radius 2 is 2.00 bits per heavy atom. The van der Waals surface area contributed by atoms with Gasteiger partial charge in [0.2, 0.25) is 0 Å². The predicted octanol–water partition coefficient (Wildman–Crippen LogP) is 3.13. The summed E-state index contributed by atoms with van der Waals surface area (Å²) in [5, 5.41) is 7.44. The Labute approximate surface area is 183 Å². The van der Waals surface area contributed by atoms with Gasteiger partial charge in [-0.15, -0.1) is 0 Å². The van der Waals surface area contributed by atoms with Gasteiger partial charge in [0.15, 0.2) is 0 Å². The summed E-state index contributed by atoms with van der Waals surface area (Å²) < 4.78 is 6.13. The maximum Gasteiger partial charge on any atom is 0.253 e. The molecule has 1 aliphatic rings. The van der Waals surface area contributed by atoms with Gasteiger partial charge in [-0.05, 0) is 56.0 Å². The maximum atomic E-state index is 13.1. The molecule has 2 aromatic carbocycles. The van der Waals surface area contributed by atoms with E-state index in [1.165, 1.54) is 5.56 Å². The molecule has 3 atom stereocenters. The smallest absolute Gasteiger partial charge is 0.253 e. The monoisotopic (exact) mass is 418 g/mol. The van der Waals surface area contributed by atoms with Crippen LogP contribution in [0.25, 0.3) is 10.9 Å². The molecule has 6 heteroatoms. The highest BCUT2D eigenvalue weighted by Gasteiger charge is 2.26. The van der Waals surface area contributed by atoms with Crippen LogP contribution in [0.2, 0.25) is 0 Å². The van der Waals surface area contributed by atoms with E-state index in [2.05, 4.69) is 27.8 Å². The summed E-state index contributed by atoms with van der Waals surface area (Å²) in [6, 6.07) is 20.2. The second kappa shape index (κ2) is 10.5. The van der Waals surface area contributed by atoms with Gasteiger partial charge in [0.1, 0.15) is 6.10 Å². The van der Waals surface area contributed by atoms with Gasteiger partial charge in [0, 0.05) is 11.4 Å². The minimum absolute atomic E-state index is 0.138. The number of fused-ring (bicyclic) bond motifs is 1. The van der Waals surface area contributed by atoms with Crippen LogP contribution in [0, 0.1) is 5.92 Å². The molecule has 162 valence electrons. The van der Waals surface area contributed by atoms with Crippen molar-refractivity contribution in [2.45, 2.75) is 31.4 Å². The number of hydrogen-bond acceptors (Lipinski definition) is 5. The average molecular weight is 419 g/mol. The summed E-state index contributed by atoms with van der Waals surface area (Å²) >= 11 is 0. The van der Waals surface area contributed by atoms with Gasteiger partial charge < -0.3 is 21.1 Å².